The number of benzene rings is 2. The molecule has 0 aliphatic heterocycles. The SMILES string of the molecule is O=C(O)Nc1cc(O)ccc1-c1cc(=O)c2cc(O)ccc2o1. The lowest BCUT2D eigenvalue weighted by molar-refractivity contribution is 0.210. The van der Waals surface area contributed by atoms with Crippen molar-refractivity contribution in [2.75, 3.05) is 5.32 Å². The van der Waals surface area contributed by atoms with Crippen LogP contribution in [0.15, 0.2) is 51.7 Å². The lowest BCUT2D eigenvalue weighted by Gasteiger charge is -2.10. The van der Waals surface area contributed by atoms with Gasteiger partial charge >= 0.3 is 6.09 Å². The number of nitrogens with one attached hydrogen (secondary N) is 1. The highest BCUT2D eigenvalue weighted by Crippen LogP contribution is 2.32. The molecule has 0 unspecified atom stereocenters. The highest BCUT2D eigenvalue weighted by molar-refractivity contribution is 5.91. The maximum atomic E-state index is 12.2. The Balaban J connectivity index is 2.23. The molecular formula is C16H11NO6. The van der Waals surface area contributed by atoms with Crippen LogP contribution in [-0.4, -0.2) is 21.4 Å². The third-order valence-electron chi connectivity index (χ3n) is 3.22. The Kier molecular flexibility index (Phi) is 3.38. The van der Waals surface area contributed by atoms with Gasteiger partial charge in [-0.25, -0.2) is 4.79 Å². The summed E-state index contributed by atoms with van der Waals surface area (Å²) in [5, 5.41) is 30.2. The van der Waals surface area contributed by atoms with Crippen LogP contribution < -0.4 is 10.7 Å². The molecule has 0 atom stereocenters. The summed E-state index contributed by atoms with van der Waals surface area (Å²) in [5.74, 6) is -0.0575. The topological polar surface area (TPSA) is 120 Å². The van der Waals surface area contributed by atoms with E-state index in [0.717, 1.165) is 0 Å². The fourth-order valence-corrected chi connectivity index (χ4v) is 2.24. The zero-order valence-corrected chi connectivity index (χ0v) is 11.6. The summed E-state index contributed by atoms with van der Waals surface area (Å²) in [4.78, 5) is 23.0. The number of hydrogen-bond acceptors (Lipinski definition) is 5. The van der Waals surface area contributed by atoms with Crippen LogP contribution in [-0.2, 0) is 0 Å². The van der Waals surface area contributed by atoms with Crippen molar-refractivity contribution in [1.29, 1.82) is 0 Å². The van der Waals surface area contributed by atoms with E-state index in [0.29, 0.717) is 5.56 Å². The predicted octanol–water partition coefficient (Wildman–Crippen LogP) is 2.96. The Morgan fingerprint density at radius 3 is 2.43 bits per heavy atom. The minimum Gasteiger partial charge on any atom is -0.508 e. The van der Waals surface area contributed by atoms with Crippen molar-refractivity contribution in [2.45, 2.75) is 0 Å². The van der Waals surface area contributed by atoms with Gasteiger partial charge < -0.3 is 19.7 Å². The van der Waals surface area contributed by atoms with Gasteiger partial charge in [0.1, 0.15) is 22.8 Å². The van der Waals surface area contributed by atoms with Gasteiger partial charge in [0.05, 0.1) is 11.1 Å². The van der Waals surface area contributed by atoms with Gasteiger partial charge in [-0.2, -0.15) is 0 Å². The molecule has 1 heterocycles. The zero-order valence-electron chi connectivity index (χ0n) is 11.6. The van der Waals surface area contributed by atoms with Gasteiger partial charge in [-0.05, 0) is 30.3 Å². The Morgan fingerprint density at radius 2 is 1.70 bits per heavy atom. The third kappa shape index (κ3) is 2.80. The molecule has 7 heteroatoms. The number of phenolic OH excluding ortho intramolecular Hbond substituents is 2. The second-order valence-electron chi connectivity index (χ2n) is 4.82. The van der Waals surface area contributed by atoms with Crippen LogP contribution in [0, 0.1) is 0 Å². The van der Waals surface area contributed by atoms with Crippen molar-refractivity contribution in [2.24, 2.45) is 0 Å². The molecule has 0 fully saturated rings. The lowest BCUT2D eigenvalue weighted by Crippen LogP contribution is -2.08. The monoisotopic (exact) mass is 313 g/mol. The van der Waals surface area contributed by atoms with Crippen molar-refractivity contribution in [1.82, 2.24) is 0 Å². The molecule has 23 heavy (non-hydrogen) atoms. The number of carboxylic acid groups (broad SMARTS) is 1. The van der Waals surface area contributed by atoms with Crippen molar-refractivity contribution in [3.63, 3.8) is 0 Å². The number of hydrogen-bond donors (Lipinski definition) is 4. The molecule has 0 saturated heterocycles. The summed E-state index contributed by atoms with van der Waals surface area (Å²) < 4.78 is 5.62. The van der Waals surface area contributed by atoms with Crippen LogP contribution in [0.4, 0.5) is 10.5 Å². The molecule has 1 aromatic heterocycles. The van der Waals surface area contributed by atoms with E-state index in [1.165, 1.54) is 42.5 Å². The van der Waals surface area contributed by atoms with Gasteiger partial charge in [0.15, 0.2) is 5.43 Å². The van der Waals surface area contributed by atoms with Gasteiger partial charge in [0.25, 0.3) is 0 Å². The molecule has 3 rings (SSSR count). The summed E-state index contributed by atoms with van der Waals surface area (Å²) in [6, 6.07) is 9.31. The molecule has 0 aliphatic rings. The Labute approximate surface area is 129 Å². The standard InChI is InChI=1S/C16H11NO6/c18-8-2-4-14-11(5-8)13(20)7-15(23-14)10-3-1-9(19)6-12(10)17-16(21)22/h1-7,17-19H,(H,21,22). The number of carbonyl (C=O) groups is 1. The molecular weight excluding hydrogens is 302 g/mol. The van der Waals surface area contributed by atoms with Crippen molar-refractivity contribution < 1.29 is 24.5 Å². The first-order valence-corrected chi connectivity index (χ1v) is 6.54. The number of aromatic hydroxyl groups is 2. The number of fused-ring (bicyclic) bond motifs is 1. The molecule has 0 bridgehead atoms. The predicted molar refractivity (Wildman–Crippen MR) is 82.9 cm³/mol. The van der Waals surface area contributed by atoms with E-state index in [4.69, 9.17) is 9.52 Å². The fourth-order valence-electron chi connectivity index (χ4n) is 2.24. The molecule has 0 saturated carbocycles. The molecule has 0 aliphatic carbocycles. The zero-order chi connectivity index (χ0) is 16.6. The Hall–Kier alpha value is -3.48. The number of amides is 1. The van der Waals surface area contributed by atoms with Gasteiger partial charge in [-0.1, -0.05) is 0 Å². The van der Waals surface area contributed by atoms with Gasteiger partial charge in [0.2, 0.25) is 0 Å². The number of anilines is 1. The van der Waals surface area contributed by atoms with E-state index >= 15 is 0 Å². The van der Waals surface area contributed by atoms with E-state index < -0.39 is 6.09 Å². The maximum Gasteiger partial charge on any atom is 0.409 e. The van der Waals surface area contributed by atoms with Crippen molar-refractivity contribution in [3.05, 3.63) is 52.7 Å². The van der Waals surface area contributed by atoms with E-state index in [9.17, 15) is 19.8 Å². The smallest absolute Gasteiger partial charge is 0.409 e. The minimum absolute atomic E-state index is 0.0598. The molecule has 7 nitrogen and oxygen atoms in total. The molecule has 1 amide bonds. The van der Waals surface area contributed by atoms with Crippen LogP contribution in [0.5, 0.6) is 11.5 Å². The lowest BCUT2D eigenvalue weighted by atomic mass is 10.1. The summed E-state index contributed by atoms with van der Waals surface area (Å²) in [7, 11) is 0. The summed E-state index contributed by atoms with van der Waals surface area (Å²) >= 11 is 0. The quantitative estimate of drug-likeness (QED) is 0.577. The average molecular weight is 313 g/mol. The summed E-state index contributed by atoms with van der Waals surface area (Å²) in [6.45, 7) is 0. The van der Waals surface area contributed by atoms with Crippen LogP contribution in [0.1, 0.15) is 0 Å². The van der Waals surface area contributed by atoms with Crippen molar-refractivity contribution >= 4 is 22.7 Å². The fraction of sp³-hybridized carbons (Fsp3) is 0. The number of phenols is 2. The largest absolute Gasteiger partial charge is 0.508 e. The molecule has 0 spiro atoms. The molecule has 0 radical (unpaired) electrons. The van der Waals surface area contributed by atoms with Gasteiger partial charge in [-0.3, -0.25) is 10.1 Å². The highest BCUT2D eigenvalue weighted by Gasteiger charge is 2.13. The first-order valence-electron chi connectivity index (χ1n) is 6.54. The second kappa shape index (κ2) is 5.38. The first-order chi connectivity index (χ1) is 10.9. The van der Waals surface area contributed by atoms with E-state index in [2.05, 4.69) is 5.32 Å². The van der Waals surface area contributed by atoms with Crippen LogP contribution in [0.3, 0.4) is 0 Å². The summed E-state index contributed by atoms with van der Waals surface area (Å²) in [6.07, 6.45) is -1.31. The molecule has 3 aromatic rings. The number of rotatable bonds is 2. The maximum absolute atomic E-state index is 12.2. The molecule has 2 aromatic carbocycles. The van der Waals surface area contributed by atoms with Crippen molar-refractivity contribution in [3.8, 4) is 22.8 Å². The van der Waals surface area contributed by atoms with Gasteiger partial charge in [0, 0.05) is 17.7 Å². The average Bonchev–Trinajstić information content (AvgIpc) is 2.47. The normalized spacial score (nSPS) is 10.6. The van der Waals surface area contributed by atoms with E-state index in [-0.39, 0.29) is 39.3 Å². The van der Waals surface area contributed by atoms with E-state index in [1.54, 1.807) is 0 Å². The summed E-state index contributed by atoms with van der Waals surface area (Å²) in [5.41, 5.74) is 0.252. The van der Waals surface area contributed by atoms with Gasteiger partial charge in [-0.15, -0.1) is 0 Å². The van der Waals surface area contributed by atoms with Crippen LogP contribution >= 0.6 is 0 Å². The molecule has 116 valence electrons. The van der Waals surface area contributed by atoms with Crippen LogP contribution in [0.2, 0.25) is 0 Å². The highest BCUT2D eigenvalue weighted by atomic mass is 16.4. The minimum atomic E-state index is -1.31. The second-order valence-corrected chi connectivity index (χ2v) is 4.82. The van der Waals surface area contributed by atoms with E-state index in [1.807, 2.05) is 0 Å². The third-order valence-corrected chi connectivity index (χ3v) is 3.22. The Morgan fingerprint density at radius 1 is 1.00 bits per heavy atom. The Bertz CT molecular complexity index is 976. The van der Waals surface area contributed by atoms with Crippen LogP contribution in [0.25, 0.3) is 22.3 Å². The molecule has 4 N–H and O–H groups in total. The first kappa shape index (κ1) is 14.5.